The number of ether oxygens (including phenoxy) is 1. The third-order valence-electron chi connectivity index (χ3n) is 4.71. The van der Waals surface area contributed by atoms with Crippen LogP contribution < -0.4 is 0 Å². The summed E-state index contributed by atoms with van der Waals surface area (Å²) in [4.78, 5) is 17.9. The van der Waals surface area contributed by atoms with Crippen LogP contribution in [0.25, 0.3) is 10.9 Å². The molecule has 1 aliphatic rings. The number of para-hydroxylation sites is 1. The molecule has 2 aromatic heterocycles. The molecule has 0 unspecified atom stereocenters. The molecular formula is C18H21N5O2. The molecule has 1 fully saturated rings. The lowest BCUT2D eigenvalue weighted by atomic mass is 10.1. The van der Waals surface area contributed by atoms with Crippen LogP contribution in [0.1, 0.15) is 24.4 Å². The van der Waals surface area contributed by atoms with Crippen molar-refractivity contribution >= 4 is 16.8 Å². The molecule has 0 aliphatic carbocycles. The summed E-state index contributed by atoms with van der Waals surface area (Å²) < 4.78 is 7.78. The van der Waals surface area contributed by atoms with Crippen molar-refractivity contribution in [2.75, 3.05) is 19.7 Å². The average Bonchev–Trinajstić information content (AvgIpc) is 3.29. The number of hydrogen-bond donors (Lipinski definition) is 1. The summed E-state index contributed by atoms with van der Waals surface area (Å²) in [6.07, 6.45) is 3.79. The molecule has 1 aromatic carbocycles. The lowest BCUT2D eigenvalue weighted by Crippen LogP contribution is -2.43. The van der Waals surface area contributed by atoms with Gasteiger partial charge in [0.25, 0.3) is 0 Å². The van der Waals surface area contributed by atoms with Crippen molar-refractivity contribution in [1.29, 1.82) is 0 Å². The zero-order valence-electron chi connectivity index (χ0n) is 14.2. The Kier molecular flexibility index (Phi) is 4.23. The Bertz CT molecular complexity index is 884. The van der Waals surface area contributed by atoms with Gasteiger partial charge >= 0.3 is 0 Å². The number of benzene rings is 1. The highest BCUT2D eigenvalue weighted by Gasteiger charge is 2.28. The van der Waals surface area contributed by atoms with Gasteiger partial charge in [-0.2, -0.15) is 0 Å². The van der Waals surface area contributed by atoms with Crippen molar-refractivity contribution < 1.29 is 9.53 Å². The summed E-state index contributed by atoms with van der Waals surface area (Å²) in [5.41, 5.74) is 2.08. The number of rotatable bonds is 4. The average molecular weight is 339 g/mol. The van der Waals surface area contributed by atoms with Crippen molar-refractivity contribution in [3.05, 3.63) is 48.2 Å². The van der Waals surface area contributed by atoms with Crippen LogP contribution in [-0.4, -0.2) is 50.3 Å². The number of amides is 1. The lowest BCUT2D eigenvalue weighted by Gasteiger charge is -2.32. The SMILES string of the molecule is CCn1cnnc1[C@@H]1CN(C(=O)Cc2c[nH]c3ccccc23)CCO1. The van der Waals surface area contributed by atoms with E-state index in [0.29, 0.717) is 26.1 Å². The minimum Gasteiger partial charge on any atom is -0.366 e. The number of carbonyl (C=O) groups excluding carboxylic acids is 1. The van der Waals surface area contributed by atoms with Gasteiger partial charge in [0.2, 0.25) is 5.91 Å². The van der Waals surface area contributed by atoms with Gasteiger partial charge in [-0.05, 0) is 18.6 Å². The summed E-state index contributed by atoms with van der Waals surface area (Å²) in [5, 5.41) is 9.23. The summed E-state index contributed by atoms with van der Waals surface area (Å²) in [7, 11) is 0. The molecule has 0 bridgehead atoms. The van der Waals surface area contributed by atoms with Crippen LogP contribution in [0.3, 0.4) is 0 Å². The number of morpholine rings is 1. The number of nitrogens with zero attached hydrogens (tertiary/aromatic N) is 4. The van der Waals surface area contributed by atoms with E-state index in [1.807, 2.05) is 46.9 Å². The molecule has 1 N–H and O–H groups in total. The first-order valence-electron chi connectivity index (χ1n) is 8.58. The van der Waals surface area contributed by atoms with Crippen molar-refractivity contribution in [3.8, 4) is 0 Å². The smallest absolute Gasteiger partial charge is 0.227 e. The van der Waals surface area contributed by atoms with Crippen molar-refractivity contribution in [3.63, 3.8) is 0 Å². The first-order chi connectivity index (χ1) is 12.3. The van der Waals surface area contributed by atoms with E-state index in [1.54, 1.807) is 6.33 Å². The molecule has 1 saturated heterocycles. The second-order valence-electron chi connectivity index (χ2n) is 6.21. The van der Waals surface area contributed by atoms with Crippen LogP contribution in [0.2, 0.25) is 0 Å². The second kappa shape index (κ2) is 6.68. The molecule has 3 aromatic rings. The van der Waals surface area contributed by atoms with Gasteiger partial charge in [-0.15, -0.1) is 10.2 Å². The van der Waals surface area contributed by atoms with Crippen LogP contribution in [0, 0.1) is 0 Å². The fraction of sp³-hybridized carbons (Fsp3) is 0.389. The highest BCUT2D eigenvalue weighted by Crippen LogP contribution is 2.23. The van der Waals surface area contributed by atoms with Crippen molar-refractivity contribution in [2.45, 2.75) is 26.0 Å². The van der Waals surface area contributed by atoms with Crippen LogP contribution in [0.5, 0.6) is 0 Å². The van der Waals surface area contributed by atoms with Gasteiger partial charge in [-0.1, -0.05) is 18.2 Å². The van der Waals surface area contributed by atoms with Gasteiger partial charge in [-0.25, -0.2) is 0 Å². The normalized spacial score (nSPS) is 18.0. The zero-order chi connectivity index (χ0) is 17.2. The summed E-state index contributed by atoms with van der Waals surface area (Å²) in [6.45, 7) is 4.46. The predicted octanol–water partition coefficient (Wildman–Crippen LogP) is 1.92. The monoisotopic (exact) mass is 339 g/mol. The van der Waals surface area contributed by atoms with E-state index >= 15 is 0 Å². The summed E-state index contributed by atoms with van der Waals surface area (Å²) >= 11 is 0. The van der Waals surface area contributed by atoms with Gasteiger partial charge < -0.3 is 19.2 Å². The quantitative estimate of drug-likeness (QED) is 0.788. The first kappa shape index (κ1) is 15.8. The summed E-state index contributed by atoms with van der Waals surface area (Å²) in [6, 6.07) is 8.04. The van der Waals surface area contributed by atoms with Crippen molar-refractivity contribution in [2.24, 2.45) is 0 Å². The van der Waals surface area contributed by atoms with Gasteiger partial charge in [0, 0.05) is 30.2 Å². The maximum atomic E-state index is 12.8. The fourth-order valence-corrected chi connectivity index (χ4v) is 3.34. The van der Waals surface area contributed by atoms with Gasteiger partial charge in [0.05, 0.1) is 19.6 Å². The minimum atomic E-state index is -0.219. The Morgan fingerprint density at radius 1 is 1.40 bits per heavy atom. The minimum absolute atomic E-state index is 0.112. The Hall–Kier alpha value is -2.67. The largest absolute Gasteiger partial charge is 0.366 e. The van der Waals surface area contributed by atoms with E-state index in [-0.39, 0.29) is 12.0 Å². The Labute approximate surface area is 145 Å². The Morgan fingerprint density at radius 2 is 2.28 bits per heavy atom. The van der Waals surface area contributed by atoms with E-state index in [4.69, 9.17) is 4.74 Å². The van der Waals surface area contributed by atoms with Crippen molar-refractivity contribution in [1.82, 2.24) is 24.6 Å². The van der Waals surface area contributed by atoms with Crippen LogP contribution in [-0.2, 0) is 22.5 Å². The molecule has 1 amide bonds. The van der Waals surface area contributed by atoms with Crippen LogP contribution in [0.4, 0.5) is 0 Å². The van der Waals surface area contributed by atoms with E-state index in [0.717, 1.165) is 28.8 Å². The zero-order valence-corrected chi connectivity index (χ0v) is 14.2. The number of aromatic nitrogens is 4. The second-order valence-corrected chi connectivity index (χ2v) is 6.21. The third-order valence-corrected chi connectivity index (χ3v) is 4.71. The Morgan fingerprint density at radius 3 is 3.16 bits per heavy atom. The molecule has 0 saturated carbocycles. The number of nitrogens with one attached hydrogen (secondary N) is 1. The Balaban J connectivity index is 1.48. The molecule has 3 heterocycles. The van der Waals surface area contributed by atoms with Gasteiger partial charge in [0.1, 0.15) is 12.4 Å². The number of hydrogen-bond acceptors (Lipinski definition) is 4. The van der Waals surface area contributed by atoms with E-state index in [2.05, 4.69) is 15.2 Å². The fourth-order valence-electron chi connectivity index (χ4n) is 3.34. The standard InChI is InChI=1S/C18H21N5O2/c1-2-22-12-20-21-18(22)16-11-23(7-8-25-16)17(24)9-13-10-19-15-6-4-3-5-14(13)15/h3-6,10,12,16,19H,2,7-9,11H2,1H3/t16-/m0/s1. The maximum Gasteiger partial charge on any atom is 0.227 e. The molecule has 4 rings (SSSR count). The van der Waals surface area contributed by atoms with E-state index in [9.17, 15) is 4.79 Å². The molecule has 1 atom stereocenters. The number of H-pyrrole nitrogens is 1. The molecule has 7 heteroatoms. The number of carbonyl (C=O) groups is 1. The van der Waals surface area contributed by atoms with Crippen LogP contribution in [0.15, 0.2) is 36.8 Å². The molecule has 0 radical (unpaired) electrons. The van der Waals surface area contributed by atoms with Crippen LogP contribution >= 0.6 is 0 Å². The molecular weight excluding hydrogens is 318 g/mol. The van der Waals surface area contributed by atoms with Gasteiger partial charge in [0.15, 0.2) is 5.82 Å². The topological polar surface area (TPSA) is 76.0 Å². The first-order valence-corrected chi connectivity index (χ1v) is 8.58. The number of fused-ring (bicyclic) bond motifs is 1. The third kappa shape index (κ3) is 3.02. The van der Waals surface area contributed by atoms with E-state index < -0.39 is 0 Å². The molecule has 130 valence electrons. The summed E-state index contributed by atoms with van der Waals surface area (Å²) in [5.74, 6) is 0.896. The molecule has 1 aliphatic heterocycles. The highest BCUT2D eigenvalue weighted by molar-refractivity contribution is 5.88. The number of aromatic amines is 1. The van der Waals surface area contributed by atoms with Gasteiger partial charge in [-0.3, -0.25) is 4.79 Å². The highest BCUT2D eigenvalue weighted by atomic mass is 16.5. The molecule has 7 nitrogen and oxygen atoms in total. The number of aryl methyl sites for hydroxylation is 1. The lowest BCUT2D eigenvalue weighted by molar-refractivity contribution is -0.138. The molecule has 25 heavy (non-hydrogen) atoms. The van der Waals surface area contributed by atoms with E-state index in [1.165, 1.54) is 0 Å². The predicted molar refractivity (Wildman–Crippen MR) is 93.0 cm³/mol. The molecule has 0 spiro atoms. The maximum absolute atomic E-state index is 12.8.